The lowest BCUT2D eigenvalue weighted by Crippen LogP contribution is -2.46. The van der Waals surface area contributed by atoms with Crippen molar-refractivity contribution in [3.63, 3.8) is 0 Å². The summed E-state index contributed by atoms with van der Waals surface area (Å²) in [4.78, 5) is 16.1. The lowest BCUT2D eigenvalue weighted by molar-refractivity contribution is 0.101. The number of hydrogen-bond acceptors (Lipinski definition) is 4. The van der Waals surface area contributed by atoms with Crippen molar-refractivity contribution in [2.75, 3.05) is 37.6 Å². The van der Waals surface area contributed by atoms with E-state index in [1.807, 2.05) is 18.2 Å². The van der Waals surface area contributed by atoms with E-state index in [-0.39, 0.29) is 5.78 Å². The van der Waals surface area contributed by atoms with Gasteiger partial charge in [-0.05, 0) is 19.1 Å². The highest BCUT2D eigenvalue weighted by molar-refractivity contribution is 5.98. The predicted octanol–water partition coefficient (Wildman–Crippen LogP) is 2.07. The van der Waals surface area contributed by atoms with Crippen molar-refractivity contribution in [1.29, 1.82) is 5.26 Å². The Morgan fingerprint density at radius 3 is 2.65 bits per heavy atom. The maximum atomic E-state index is 11.6. The van der Waals surface area contributed by atoms with Gasteiger partial charge in [0.15, 0.2) is 5.78 Å². The minimum absolute atomic E-state index is 0.0614. The molecule has 0 aliphatic carbocycles. The topological polar surface area (TPSA) is 47.3 Å². The largest absolute Gasteiger partial charge is 0.368 e. The van der Waals surface area contributed by atoms with E-state index in [0.29, 0.717) is 11.1 Å². The second kappa shape index (κ2) is 6.36. The number of hydrogen-bond donors (Lipinski definition) is 0. The molecule has 0 amide bonds. The van der Waals surface area contributed by atoms with Gasteiger partial charge in [0.25, 0.3) is 0 Å². The van der Waals surface area contributed by atoms with Gasteiger partial charge in [-0.15, -0.1) is 6.58 Å². The highest BCUT2D eigenvalue weighted by Gasteiger charge is 2.20. The predicted molar refractivity (Wildman–Crippen MR) is 80.0 cm³/mol. The molecule has 4 heteroatoms. The van der Waals surface area contributed by atoms with Crippen molar-refractivity contribution in [3.8, 4) is 6.07 Å². The van der Waals surface area contributed by atoms with Crippen LogP contribution in [0.25, 0.3) is 0 Å². The summed E-state index contributed by atoms with van der Waals surface area (Å²) in [5.41, 5.74) is 1.88. The molecule has 1 heterocycles. The maximum absolute atomic E-state index is 11.6. The lowest BCUT2D eigenvalue weighted by Gasteiger charge is -2.36. The van der Waals surface area contributed by atoms with Gasteiger partial charge in [-0.3, -0.25) is 9.69 Å². The second-order valence-corrected chi connectivity index (χ2v) is 4.94. The smallest absolute Gasteiger partial charge is 0.161 e. The molecule has 1 saturated heterocycles. The van der Waals surface area contributed by atoms with E-state index in [9.17, 15) is 10.1 Å². The Hall–Kier alpha value is -2.12. The van der Waals surface area contributed by atoms with Crippen molar-refractivity contribution in [3.05, 3.63) is 42.0 Å². The molecule has 0 bridgehead atoms. The molecule has 0 aromatic heterocycles. The number of rotatable bonds is 4. The molecule has 1 aromatic rings. The van der Waals surface area contributed by atoms with Crippen LogP contribution in [0.15, 0.2) is 30.9 Å². The first-order chi connectivity index (χ1) is 9.67. The monoisotopic (exact) mass is 269 g/mol. The first-order valence-electron chi connectivity index (χ1n) is 6.79. The normalized spacial score (nSPS) is 15.7. The Bertz CT molecular complexity index is 551. The van der Waals surface area contributed by atoms with Crippen LogP contribution >= 0.6 is 0 Å². The molecule has 1 aliphatic rings. The summed E-state index contributed by atoms with van der Waals surface area (Å²) in [5, 5.41) is 9.36. The maximum Gasteiger partial charge on any atom is 0.161 e. The third-order valence-corrected chi connectivity index (χ3v) is 3.63. The molecule has 0 atom stereocenters. The summed E-state index contributed by atoms with van der Waals surface area (Å²) in [6.07, 6.45) is 1.91. The fourth-order valence-corrected chi connectivity index (χ4v) is 2.57. The third-order valence-electron chi connectivity index (χ3n) is 3.63. The number of benzene rings is 1. The average Bonchev–Trinajstić information content (AvgIpc) is 2.47. The van der Waals surface area contributed by atoms with E-state index in [4.69, 9.17) is 0 Å². The molecule has 4 nitrogen and oxygen atoms in total. The van der Waals surface area contributed by atoms with Gasteiger partial charge in [-0.1, -0.05) is 12.1 Å². The van der Waals surface area contributed by atoms with Crippen LogP contribution in [-0.2, 0) is 0 Å². The Balaban J connectivity index is 2.22. The van der Waals surface area contributed by atoms with Crippen LogP contribution in [0, 0.1) is 11.3 Å². The van der Waals surface area contributed by atoms with Gasteiger partial charge in [0.1, 0.15) is 6.07 Å². The van der Waals surface area contributed by atoms with Crippen molar-refractivity contribution in [2.45, 2.75) is 6.92 Å². The first-order valence-corrected chi connectivity index (χ1v) is 6.79. The van der Waals surface area contributed by atoms with E-state index < -0.39 is 0 Å². The number of ketones is 1. The van der Waals surface area contributed by atoms with Crippen LogP contribution in [-0.4, -0.2) is 43.4 Å². The van der Waals surface area contributed by atoms with E-state index in [1.165, 1.54) is 6.92 Å². The molecule has 0 unspecified atom stereocenters. The van der Waals surface area contributed by atoms with Gasteiger partial charge in [-0.2, -0.15) is 5.26 Å². The summed E-state index contributed by atoms with van der Waals surface area (Å²) in [7, 11) is 0. The summed E-state index contributed by atoms with van der Waals surface area (Å²) >= 11 is 0. The SMILES string of the molecule is C=CCN1CCN(c2cccc(C(C)=O)c2C#N)CC1. The minimum Gasteiger partial charge on any atom is -0.368 e. The van der Waals surface area contributed by atoms with Crippen LogP contribution in [0.2, 0.25) is 0 Å². The average molecular weight is 269 g/mol. The van der Waals surface area contributed by atoms with Gasteiger partial charge in [0, 0.05) is 38.3 Å². The molecular weight excluding hydrogens is 250 g/mol. The summed E-state index contributed by atoms with van der Waals surface area (Å²) in [6, 6.07) is 7.68. The van der Waals surface area contributed by atoms with Crippen molar-refractivity contribution in [1.82, 2.24) is 4.90 Å². The number of carbonyl (C=O) groups excluding carboxylic acids is 1. The molecule has 1 fully saturated rings. The number of anilines is 1. The highest BCUT2D eigenvalue weighted by Crippen LogP contribution is 2.24. The molecule has 0 spiro atoms. The van der Waals surface area contributed by atoms with Crippen LogP contribution < -0.4 is 4.90 Å². The summed E-state index contributed by atoms with van der Waals surface area (Å²) in [5.74, 6) is -0.0614. The minimum atomic E-state index is -0.0614. The number of nitrogens with zero attached hydrogens (tertiary/aromatic N) is 3. The van der Waals surface area contributed by atoms with E-state index in [0.717, 1.165) is 38.4 Å². The van der Waals surface area contributed by atoms with Crippen molar-refractivity contribution >= 4 is 11.5 Å². The number of Topliss-reactive ketones (excluding diaryl/α,β-unsaturated/α-hetero) is 1. The molecule has 20 heavy (non-hydrogen) atoms. The highest BCUT2D eigenvalue weighted by atomic mass is 16.1. The number of carbonyl (C=O) groups is 1. The zero-order valence-corrected chi connectivity index (χ0v) is 11.8. The van der Waals surface area contributed by atoms with E-state index in [1.54, 1.807) is 6.07 Å². The number of piperazine rings is 1. The standard InChI is InChI=1S/C16H19N3O/c1-3-7-18-8-10-19(11-9-18)16-6-4-5-14(13(2)20)15(16)12-17/h3-6H,1,7-11H2,2H3. The fourth-order valence-electron chi connectivity index (χ4n) is 2.57. The van der Waals surface area contributed by atoms with Gasteiger partial charge in [-0.25, -0.2) is 0 Å². The van der Waals surface area contributed by atoms with Crippen LogP contribution in [0.3, 0.4) is 0 Å². The van der Waals surface area contributed by atoms with Crippen LogP contribution in [0.4, 0.5) is 5.69 Å². The molecule has 0 radical (unpaired) electrons. The lowest BCUT2D eigenvalue weighted by atomic mass is 10.0. The number of nitriles is 1. The Morgan fingerprint density at radius 2 is 2.10 bits per heavy atom. The van der Waals surface area contributed by atoms with Gasteiger partial charge >= 0.3 is 0 Å². The Kier molecular flexibility index (Phi) is 4.54. The van der Waals surface area contributed by atoms with Crippen LogP contribution in [0.1, 0.15) is 22.8 Å². The molecule has 1 aliphatic heterocycles. The Labute approximate surface area is 119 Å². The second-order valence-electron chi connectivity index (χ2n) is 4.94. The molecule has 0 N–H and O–H groups in total. The molecule has 104 valence electrons. The van der Waals surface area contributed by atoms with Crippen LogP contribution in [0.5, 0.6) is 0 Å². The summed E-state index contributed by atoms with van der Waals surface area (Å²) in [6.45, 7) is 9.77. The van der Waals surface area contributed by atoms with E-state index >= 15 is 0 Å². The molecule has 2 rings (SSSR count). The molecule has 1 aromatic carbocycles. The third kappa shape index (κ3) is 2.89. The van der Waals surface area contributed by atoms with Gasteiger partial charge in [0.05, 0.1) is 11.3 Å². The first kappa shape index (κ1) is 14.3. The Morgan fingerprint density at radius 1 is 1.40 bits per heavy atom. The zero-order valence-electron chi connectivity index (χ0n) is 11.8. The molecular formula is C16H19N3O. The van der Waals surface area contributed by atoms with Gasteiger partial charge in [0.2, 0.25) is 0 Å². The quantitative estimate of drug-likeness (QED) is 0.620. The van der Waals surface area contributed by atoms with Gasteiger partial charge < -0.3 is 4.90 Å². The van der Waals surface area contributed by atoms with Crippen molar-refractivity contribution in [2.24, 2.45) is 0 Å². The fraction of sp³-hybridized carbons (Fsp3) is 0.375. The van der Waals surface area contributed by atoms with Crippen molar-refractivity contribution < 1.29 is 4.79 Å². The zero-order chi connectivity index (χ0) is 14.5. The van der Waals surface area contributed by atoms with E-state index in [2.05, 4.69) is 22.4 Å². The summed E-state index contributed by atoms with van der Waals surface area (Å²) < 4.78 is 0. The molecule has 0 saturated carbocycles.